The van der Waals surface area contributed by atoms with Gasteiger partial charge < -0.3 is 25.2 Å². The van der Waals surface area contributed by atoms with Crippen LogP contribution in [0.25, 0.3) is 0 Å². The Morgan fingerprint density at radius 3 is 2.32 bits per heavy atom. The van der Waals surface area contributed by atoms with E-state index in [1.54, 1.807) is 39.8 Å². The highest BCUT2D eigenvalue weighted by Crippen LogP contribution is 2.06. The largest absolute Gasteiger partial charge is 0.444 e. The van der Waals surface area contributed by atoms with E-state index < -0.39 is 17.8 Å². The van der Waals surface area contributed by atoms with Crippen molar-refractivity contribution >= 4 is 12.0 Å². The quantitative estimate of drug-likeness (QED) is 0.544. The second-order valence-corrected chi connectivity index (χ2v) is 6.29. The summed E-state index contributed by atoms with van der Waals surface area (Å²) in [5.41, 5.74) is -0.572. The fourth-order valence-corrected chi connectivity index (χ4v) is 1.55. The van der Waals surface area contributed by atoms with E-state index in [0.717, 1.165) is 0 Å². The van der Waals surface area contributed by atoms with Crippen LogP contribution < -0.4 is 5.32 Å². The van der Waals surface area contributed by atoms with Crippen molar-refractivity contribution in [3.05, 3.63) is 0 Å². The molecule has 0 radical (unpaired) electrons. The van der Waals surface area contributed by atoms with Gasteiger partial charge in [0.05, 0.1) is 19.3 Å². The van der Waals surface area contributed by atoms with Crippen LogP contribution in [0.2, 0.25) is 0 Å². The van der Waals surface area contributed by atoms with Crippen LogP contribution in [0.1, 0.15) is 20.8 Å². The molecule has 22 heavy (non-hydrogen) atoms. The normalized spacial score (nSPS) is 12.9. The summed E-state index contributed by atoms with van der Waals surface area (Å²) in [6, 6.07) is 0. The standard InChI is InChI=1S/C14H29N3O5/c1-14(2,3)22-13(21)15-6-7-17(8-11(19)10-18)9-12(20)16(4)5/h11,18-19H,6-10H2,1-5H3,(H,15,21). The lowest BCUT2D eigenvalue weighted by Crippen LogP contribution is -2.45. The second kappa shape index (κ2) is 9.60. The van der Waals surface area contributed by atoms with Crippen LogP contribution in [0.3, 0.4) is 0 Å². The molecule has 1 atom stereocenters. The van der Waals surface area contributed by atoms with Gasteiger partial charge in [-0.15, -0.1) is 0 Å². The van der Waals surface area contributed by atoms with Crippen LogP contribution in [0, 0.1) is 0 Å². The smallest absolute Gasteiger partial charge is 0.407 e. The second-order valence-electron chi connectivity index (χ2n) is 6.29. The van der Waals surface area contributed by atoms with Gasteiger partial charge in [-0.2, -0.15) is 0 Å². The number of carbonyl (C=O) groups excluding carboxylic acids is 2. The first-order valence-corrected chi connectivity index (χ1v) is 7.23. The van der Waals surface area contributed by atoms with Crippen molar-refractivity contribution in [2.45, 2.75) is 32.5 Å². The van der Waals surface area contributed by atoms with Gasteiger partial charge in [-0.05, 0) is 20.8 Å². The van der Waals surface area contributed by atoms with Crippen molar-refractivity contribution < 1.29 is 24.5 Å². The van der Waals surface area contributed by atoms with Gasteiger partial charge in [0.2, 0.25) is 5.91 Å². The molecule has 0 aliphatic heterocycles. The lowest BCUT2D eigenvalue weighted by molar-refractivity contribution is -0.130. The molecule has 0 bridgehead atoms. The molecule has 0 heterocycles. The third-order valence-corrected chi connectivity index (χ3v) is 2.63. The zero-order valence-corrected chi connectivity index (χ0v) is 14.1. The number of nitrogens with one attached hydrogen (secondary N) is 1. The number of likely N-dealkylation sites (N-methyl/N-ethyl adjacent to an activating group) is 1. The van der Waals surface area contributed by atoms with Gasteiger partial charge in [0, 0.05) is 33.7 Å². The number of aliphatic hydroxyl groups excluding tert-OH is 2. The van der Waals surface area contributed by atoms with Gasteiger partial charge in [-0.3, -0.25) is 9.69 Å². The fourth-order valence-electron chi connectivity index (χ4n) is 1.55. The van der Waals surface area contributed by atoms with Crippen LogP contribution in [-0.4, -0.2) is 90.6 Å². The minimum absolute atomic E-state index is 0.0973. The molecule has 0 aromatic heterocycles. The first kappa shape index (κ1) is 20.6. The number of alkyl carbamates (subject to hydrolysis) is 1. The maximum absolute atomic E-state index is 11.7. The van der Waals surface area contributed by atoms with E-state index in [1.165, 1.54) is 4.90 Å². The van der Waals surface area contributed by atoms with E-state index in [-0.39, 0.29) is 32.1 Å². The van der Waals surface area contributed by atoms with Crippen LogP contribution >= 0.6 is 0 Å². The summed E-state index contributed by atoms with van der Waals surface area (Å²) >= 11 is 0. The van der Waals surface area contributed by atoms with E-state index in [9.17, 15) is 14.7 Å². The Bertz CT molecular complexity index is 355. The molecule has 0 saturated heterocycles. The number of aliphatic hydroxyl groups is 2. The molecule has 0 aromatic carbocycles. The lowest BCUT2D eigenvalue weighted by atomic mass is 10.2. The minimum Gasteiger partial charge on any atom is -0.444 e. The molecule has 0 aliphatic rings. The molecule has 0 aromatic rings. The van der Waals surface area contributed by atoms with Crippen molar-refractivity contribution in [2.24, 2.45) is 0 Å². The summed E-state index contributed by atoms with van der Waals surface area (Å²) in [5, 5.41) is 21.0. The third kappa shape index (κ3) is 10.4. The topological polar surface area (TPSA) is 102 Å². The van der Waals surface area contributed by atoms with Crippen LogP contribution in [0.4, 0.5) is 4.79 Å². The van der Waals surface area contributed by atoms with E-state index in [1.807, 2.05) is 0 Å². The molecule has 0 saturated carbocycles. The van der Waals surface area contributed by atoms with Crippen molar-refractivity contribution in [3.8, 4) is 0 Å². The van der Waals surface area contributed by atoms with Gasteiger partial charge in [-0.25, -0.2) is 4.79 Å². The van der Waals surface area contributed by atoms with Gasteiger partial charge in [0.1, 0.15) is 5.60 Å². The summed E-state index contributed by atoms with van der Waals surface area (Å²) in [7, 11) is 3.28. The summed E-state index contributed by atoms with van der Waals surface area (Å²) in [6.07, 6.45) is -1.47. The first-order valence-electron chi connectivity index (χ1n) is 7.23. The number of amides is 2. The Morgan fingerprint density at radius 1 is 1.27 bits per heavy atom. The van der Waals surface area contributed by atoms with Crippen LogP contribution in [0.5, 0.6) is 0 Å². The Hall–Kier alpha value is -1.38. The Labute approximate surface area is 132 Å². The first-order chi connectivity index (χ1) is 10.0. The number of hydrogen-bond donors (Lipinski definition) is 3. The van der Waals surface area contributed by atoms with E-state index in [2.05, 4.69) is 5.32 Å². The van der Waals surface area contributed by atoms with Crippen LogP contribution in [0.15, 0.2) is 0 Å². The summed E-state index contributed by atoms with van der Waals surface area (Å²) in [5.74, 6) is -0.123. The highest BCUT2D eigenvalue weighted by molar-refractivity contribution is 5.77. The molecule has 8 nitrogen and oxygen atoms in total. The Kier molecular flexibility index (Phi) is 9.00. The van der Waals surface area contributed by atoms with Gasteiger partial charge in [0.25, 0.3) is 0 Å². The molecular formula is C14H29N3O5. The molecule has 8 heteroatoms. The average Bonchev–Trinajstić information content (AvgIpc) is 2.35. The number of carbonyl (C=O) groups is 2. The van der Waals surface area contributed by atoms with Crippen molar-refractivity contribution in [2.75, 3.05) is 46.9 Å². The molecule has 2 amide bonds. The maximum Gasteiger partial charge on any atom is 0.407 e. The highest BCUT2D eigenvalue weighted by atomic mass is 16.6. The number of nitrogens with zero attached hydrogens (tertiary/aromatic N) is 2. The lowest BCUT2D eigenvalue weighted by Gasteiger charge is -2.25. The molecule has 0 spiro atoms. The Balaban J connectivity index is 4.34. The highest BCUT2D eigenvalue weighted by Gasteiger charge is 2.18. The van der Waals surface area contributed by atoms with E-state index >= 15 is 0 Å². The molecule has 130 valence electrons. The number of hydrogen-bond acceptors (Lipinski definition) is 6. The minimum atomic E-state index is -0.934. The molecule has 1 unspecified atom stereocenters. The summed E-state index contributed by atoms with van der Waals surface area (Å²) < 4.78 is 5.11. The summed E-state index contributed by atoms with van der Waals surface area (Å²) in [4.78, 5) is 26.4. The fraction of sp³-hybridized carbons (Fsp3) is 0.857. The third-order valence-electron chi connectivity index (χ3n) is 2.63. The van der Waals surface area contributed by atoms with Gasteiger partial charge in [0.15, 0.2) is 0 Å². The van der Waals surface area contributed by atoms with E-state index in [4.69, 9.17) is 9.84 Å². The molecular weight excluding hydrogens is 290 g/mol. The number of ether oxygens (including phenoxy) is 1. The molecule has 0 rings (SSSR count). The number of rotatable bonds is 8. The predicted octanol–water partition coefficient (Wildman–Crippen LogP) is -0.745. The van der Waals surface area contributed by atoms with Gasteiger partial charge >= 0.3 is 6.09 Å². The van der Waals surface area contributed by atoms with Gasteiger partial charge in [-0.1, -0.05) is 0 Å². The van der Waals surface area contributed by atoms with Crippen molar-refractivity contribution in [1.29, 1.82) is 0 Å². The molecule has 0 aliphatic carbocycles. The van der Waals surface area contributed by atoms with Crippen molar-refractivity contribution in [3.63, 3.8) is 0 Å². The zero-order chi connectivity index (χ0) is 17.3. The van der Waals surface area contributed by atoms with E-state index in [0.29, 0.717) is 6.54 Å². The maximum atomic E-state index is 11.7. The van der Waals surface area contributed by atoms with Crippen LogP contribution in [-0.2, 0) is 9.53 Å². The molecule has 3 N–H and O–H groups in total. The zero-order valence-electron chi connectivity index (χ0n) is 14.1. The SMILES string of the molecule is CN(C)C(=O)CN(CCNC(=O)OC(C)(C)C)CC(O)CO. The monoisotopic (exact) mass is 319 g/mol. The predicted molar refractivity (Wildman–Crippen MR) is 82.5 cm³/mol. The Morgan fingerprint density at radius 2 is 1.86 bits per heavy atom. The van der Waals surface area contributed by atoms with Crippen molar-refractivity contribution in [1.82, 2.24) is 15.1 Å². The average molecular weight is 319 g/mol. The summed E-state index contributed by atoms with van der Waals surface area (Å²) in [6.45, 7) is 5.80. The molecule has 0 fully saturated rings.